The third kappa shape index (κ3) is 11.2. The fourth-order valence-corrected chi connectivity index (χ4v) is 1.55. The van der Waals surface area contributed by atoms with Crippen LogP contribution in [0.25, 0.3) is 0 Å². The molecule has 0 aromatic heterocycles. The summed E-state index contributed by atoms with van der Waals surface area (Å²) in [5.41, 5.74) is 17.0. The largest absolute Gasteiger partial charge is 0.480 e. The van der Waals surface area contributed by atoms with E-state index in [0.717, 1.165) is 5.56 Å². The second kappa shape index (κ2) is 12.8. The van der Waals surface area contributed by atoms with Gasteiger partial charge in [0, 0.05) is 17.8 Å². The maximum atomic E-state index is 10.4. The van der Waals surface area contributed by atoms with E-state index in [1.807, 2.05) is 30.3 Å². The second-order valence-corrected chi connectivity index (χ2v) is 5.61. The van der Waals surface area contributed by atoms with Crippen LogP contribution in [0, 0.1) is 10.1 Å². The number of anilines is 1. The Morgan fingerprint density at radius 1 is 1.00 bits per heavy atom. The highest BCUT2D eigenvalue weighted by atomic mass is 16.6. The Hall–Kier alpha value is -3.50. The first kappa shape index (κ1) is 24.5. The molecule has 2 aromatic carbocycles. The molecule has 0 fully saturated rings. The van der Waals surface area contributed by atoms with Gasteiger partial charge in [-0.3, -0.25) is 19.7 Å². The Balaban J connectivity index is 0.000000414. The van der Waals surface area contributed by atoms with Crippen molar-refractivity contribution in [3.8, 4) is 0 Å². The van der Waals surface area contributed by atoms with E-state index < -0.39 is 28.9 Å². The molecule has 0 saturated heterocycles. The summed E-state index contributed by atoms with van der Waals surface area (Å²) in [4.78, 5) is 29.6. The van der Waals surface area contributed by atoms with Gasteiger partial charge in [-0.15, -0.1) is 0 Å². The minimum absolute atomic E-state index is 0.0641. The summed E-state index contributed by atoms with van der Waals surface area (Å²) in [7, 11) is 0. The van der Waals surface area contributed by atoms with Crippen molar-refractivity contribution < 1.29 is 24.7 Å². The van der Waals surface area contributed by atoms with Crippen LogP contribution >= 0.6 is 0 Å². The lowest BCUT2D eigenvalue weighted by Crippen LogP contribution is -2.32. The van der Waals surface area contributed by atoms with Crippen molar-refractivity contribution in [2.45, 2.75) is 25.4 Å². The van der Waals surface area contributed by atoms with Crippen molar-refractivity contribution in [3.05, 3.63) is 70.3 Å². The van der Waals surface area contributed by atoms with Gasteiger partial charge in [0.05, 0.1) is 4.92 Å². The molecule has 2 aromatic rings. The summed E-state index contributed by atoms with van der Waals surface area (Å²) in [5, 5.41) is 26.5. The van der Waals surface area contributed by atoms with Crippen LogP contribution < -0.4 is 17.2 Å². The number of carboxylic acid groups (broad SMARTS) is 2. The van der Waals surface area contributed by atoms with Crippen LogP contribution in [-0.4, -0.2) is 39.2 Å². The Bertz CT molecular complexity index is 750. The number of hydrogen-bond acceptors (Lipinski definition) is 7. The van der Waals surface area contributed by atoms with E-state index in [-0.39, 0.29) is 5.69 Å². The van der Waals surface area contributed by atoms with E-state index >= 15 is 0 Å². The fraction of sp³-hybridized carbons (Fsp3) is 0.222. The summed E-state index contributed by atoms with van der Waals surface area (Å²) >= 11 is 0. The molecule has 10 nitrogen and oxygen atoms in total. The average Bonchev–Trinajstić information content (AvgIpc) is 2.63. The van der Waals surface area contributed by atoms with Crippen molar-refractivity contribution in [2.24, 2.45) is 11.5 Å². The molecule has 0 saturated carbocycles. The normalized spacial score (nSPS) is 11.5. The Morgan fingerprint density at radius 3 is 1.82 bits per heavy atom. The lowest BCUT2D eigenvalue weighted by molar-refractivity contribution is -0.384. The molecule has 10 heteroatoms. The van der Waals surface area contributed by atoms with Crippen LogP contribution in [-0.2, 0) is 16.0 Å². The van der Waals surface area contributed by atoms with Crippen LogP contribution in [0.2, 0.25) is 0 Å². The molecule has 2 atom stereocenters. The first-order chi connectivity index (χ1) is 13.0. The molecule has 0 aliphatic carbocycles. The van der Waals surface area contributed by atoms with Crippen LogP contribution in [0.1, 0.15) is 12.5 Å². The maximum Gasteiger partial charge on any atom is 0.320 e. The lowest BCUT2D eigenvalue weighted by atomic mass is 10.1. The number of hydrogen-bond donors (Lipinski definition) is 5. The van der Waals surface area contributed by atoms with Crippen LogP contribution in [0.5, 0.6) is 0 Å². The van der Waals surface area contributed by atoms with E-state index in [9.17, 15) is 19.7 Å². The monoisotopic (exact) mass is 392 g/mol. The van der Waals surface area contributed by atoms with Gasteiger partial charge < -0.3 is 27.4 Å². The number of carbonyl (C=O) groups is 2. The molecule has 152 valence electrons. The molecular formula is C18H24N4O6. The topological polar surface area (TPSA) is 196 Å². The van der Waals surface area contributed by atoms with Crippen molar-refractivity contribution in [1.82, 2.24) is 0 Å². The SMILES string of the molecule is CC(N)C(=O)O.NC(Cc1ccccc1)C(=O)O.Nc1ccc([N+](=O)[O-])cc1. The molecule has 0 spiro atoms. The highest BCUT2D eigenvalue weighted by molar-refractivity contribution is 5.73. The summed E-state index contributed by atoms with van der Waals surface area (Å²) in [6, 6.07) is 13.5. The summed E-state index contributed by atoms with van der Waals surface area (Å²) < 4.78 is 0. The fourth-order valence-electron chi connectivity index (χ4n) is 1.55. The Kier molecular flexibility index (Phi) is 11.2. The number of carboxylic acids is 2. The zero-order valence-corrected chi connectivity index (χ0v) is 15.3. The predicted octanol–water partition coefficient (Wildman–Crippen LogP) is 1.24. The number of nitro benzene ring substituents is 1. The molecule has 0 aliphatic rings. The number of benzene rings is 2. The molecule has 0 heterocycles. The van der Waals surface area contributed by atoms with Gasteiger partial charge in [-0.25, -0.2) is 0 Å². The number of aliphatic carboxylic acids is 2. The van der Waals surface area contributed by atoms with Crippen molar-refractivity contribution in [3.63, 3.8) is 0 Å². The van der Waals surface area contributed by atoms with Crippen molar-refractivity contribution in [2.75, 3.05) is 5.73 Å². The minimum atomic E-state index is -0.963. The highest BCUT2D eigenvalue weighted by Gasteiger charge is 2.10. The van der Waals surface area contributed by atoms with E-state index in [0.29, 0.717) is 12.1 Å². The molecule has 0 aliphatic heterocycles. The molecular weight excluding hydrogens is 368 g/mol. The smallest absolute Gasteiger partial charge is 0.320 e. The zero-order chi connectivity index (χ0) is 21.7. The van der Waals surface area contributed by atoms with Crippen LogP contribution in [0.15, 0.2) is 54.6 Å². The van der Waals surface area contributed by atoms with Gasteiger partial charge in [-0.2, -0.15) is 0 Å². The van der Waals surface area contributed by atoms with Crippen molar-refractivity contribution in [1.29, 1.82) is 0 Å². The third-order valence-corrected chi connectivity index (χ3v) is 3.11. The highest BCUT2D eigenvalue weighted by Crippen LogP contribution is 2.12. The van der Waals surface area contributed by atoms with E-state index in [2.05, 4.69) is 0 Å². The Labute approximate surface area is 161 Å². The number of nitro groups is 1. The number of rotatable bonds is 5. The van der Waals surface area contributed by atoms with Gasteiger partial charge in [0.25, 0.3) is 5.69 Å². The first-order valence-electron chi connectivity index (χ1n) is 8.05. The molecule has 8 N–H and O–H groups in total. The molecule has 28 heavy (non-hydrogen) atoms. The molecule has 2 rings (SSSR count). The zero-order valence-electron chi connectivity index (χ0n) is 15.3. The third-order valence-electron chi connectivity index (χ3n) is 3.11. The maximum absolute atomic E-state index is 10.4. The van der Waals surface area contributed by atoms with Gasteiger partial charge in [0.1, 0.15) is 12.1 Å². The van der Waals surface area contributed by atoms with Crippen LogP contribution in [0.3, 0.4) is 0 Å². The lowest BCUT2D eigenvalue weighted by Gasteiger charge is -2.04. The number of nitrogen functional groups attached to an aromatic ring is 1. The van der Waals surface area contributed by atoms with E-state index in [1.54, 1.807) is 0 Å². The first-order valence-corrected chi connectivity index (χ1v) is 8.05. The molecule has 0 amide bonds. The van der Waals surface area contributed by atoms with Gasteiger partial charge in [0.15, 0.2) is 0 Å². The second-order valence-electron chi connectivity index (χ2n) is 5.61. The van der Waals surface area contributed by atoms with Gasteiger partial charge >= 0.3 is 11.9 Å². The molecule has 2 unspecified atom stereocenters. The average molecular weight is 392 g/mol. The quantitative estimate of drug-likeness (QED) is 0.282. The number of nitrogens with two attached hydrogens (primary N) is 3. The van der Waals surface area contributed by atoms with E-state index in [1.165, 1.54) is 31.2 Å². The van der Waals surface area contributed by atoms with Crippen LogP contribution in [0.4, 0.5) is 11.4 Å². The number of nitrogens with zero attached hydrogens (tertiary/aromatic N) is 1. The van der Waals surface area contributed by atoms with Gasteiger partial charge in [-0.1, -0.05) is 30.3 Å². The van der Waals surface area contributed by atoms with Gasteiger partial charge in [-0.05, 0) is 31.0 Å². The summed E-state index contributed by atoms with van der Waals surface area (Å²) in [6.07, 6.45) is 0.385. The molecule has 0 bridgehead atoms. The predicted molar refractivity (Wildman–Crippen MR) is 105 cm³/mol. The molecule has 0 radical (unpaired) electrons. The Morgan fingerprint density at radius 2 is 1.46 bits per heavy atom. The minimum Gasteiger partial charge on any atom is -0.480 e. The van der Waals surface area contributed by atoms with Gasteiger partial charge in [0.2, 0.25) is 0 Å². The summed E-state index contributed by atoms with van der Waals surface area (Å²) in [5.74, 6) is -1.92. The van der Waals surface area contributed by atoms with E-state index in [4.69, 9.17) is 27.4 Å². The van der Waals surface area contributed by atoms with Crippen molar-refractivity contribution >= 4 is 23.3 Å². The standard InChI is InChI=1S/C9H11NO2.C6H6N2O2.C3H7NO2/c10-8(9(11)12)6-7-4-2-1-3-5-7;7-5-1-3-6(4-2-5)8(9)10;1-2(4)3(5)6/h1-5,8H,6,10H2,(H,11,12);1-4H,7H2;2H,4H2,1H3,(H,5,6). The summed E-state index contributed by atoms with van der Waals surface area (Å²) in [6.45, 7) is 1.42. The number of non-ortho nitro benzene ring substituents is 1.